The number of thiophene rings is 1. The summed E-state index contributed by atoms with van der Waals surface area (Å²) in [6.45, 7) is 31.1. The van der Waals surface area contributed by atoms with Gasteiger partial charge >= 0.3 is 5.97 Å². The van der Waals surface area contributed by atoms with Crippen LogP contribution in [0.15, 0.2) is 191 Å². The fourth-order valence-electron chi connectivity index (χ4n) is 18.4. The first kappa shape index (κ1) is 97.5. The third kappa shape index (κ3) is 23.3. The van der Waals surface area contributed by atoms with Crippen LogP contribution >= 0.6 is 11.3 Å². The molecule has 4 saturated heterocycles. The van der Waals surface area contributed by atoms with Gasteiger partial charge in [-0.05, 0) is 183 Å². The maximum atomic E-state index is 14.3. The summed E-state index contributed by atoms with van der Waals surface area (Å²) in [5.41, 5.74) is 17.8. The van der Waals surface area contributed by atoms with Crippen LogP contribution < -0.4 is 36.2 Å². The molecule has 0 saturated carbocycles. The number of aliphatic hydroxyl groups excluding tert-OH is 1. The number of anilines is 3. The van der Waals surface area contributed by atoms with Crippen molar-refractivity contribution in [2.45, 2.75) is 151 Å². The summed E-state index contributed by atoms with van der Waals surface area (Å²) < 4.78 is 43.2. The molecule has 0 aliphatic carbocycles. The lowest BCUT2D eigenvalue weighted by Crippen LogP contribution is -2.58. The van der Waals surface area contributed by atoms with Crippen LogP contribution in [0.5, 0.6) is 5.75 Å². The average molecular weight is 1890 g/mol. The molecule has 6 aromatic heterocycles. The number of ether oxygens (including phenoxy) is 5. The van der Waals surface area contributed by atoms with Crippen LogP contribution in [-0.2, 0) is 73.6 Å². The number of aromatic nitrogens is 6. The first-order chi connectivity index (χ1) is 66.6. The molecule has 5 atom stereocenters. The number of allylic oxidation sites excluding steroid dienone is 1. The number of pyridine rings is 1. The van der Waals surface area contributed by atoms with Crippen LogP contribution in [-0.4, -0.2) is 237 Å². The van der Waals surface area contributed by atoms with E-state index in [1.165, 1.54) is 15.3 Å². The third-order valence-electron chi connectivity index (χ3n) is 25.9. The van der Waals surface area contributed by atoms with E-state index in [-0.39, 0.29) is 60.9 Å². The Kier molecular flexibility index (Phi) is 31.3. The largest absolute Gasteiger partial charge is 0.426 e. The van der Waals surface area contributed by atoms with Crippen LogP contribution in [0.2, 0.25) is 0 Å². The van der Waals surface area contributed by atoms with E-state index in [1.807, 2.05) is 128 Å². The molecular weight excluding hydrogens is 1770 g/mol. The number of imidazole rings is 2. The molecule has 7 amide bonds. The van der Waals surface area contributed by atoms with Crippen molar-refractivity contribution >= 4 is 92.5 Å². The van der Waals surface area contributed by atoms with Crippen LogP contribution in [0.4, 0.5) is 17.2 Å². The summed E-state index contributed by atoms with van der Waals surface area (Å²) in [5.74, 6) is 0.431. The highest BCUT2D eigenvalue weighted by Gasteiger charge is 2.47. The molecule has 4 fully saturated rings. The molecule has 138 heavy (non-hydrogen) atoms. The molecule has 5 aliphatic rings. The molecule has 32 nitrogen and oxygen atoms in total. The number of β-amino-alcohol motifs (C(OH)–C–C–N with tert-alkyl or cyclic N) is 1. The Morgan fingerprint density at radius 2 is 1.35 bits per heavy atom. The van der Waals surface area contributed by atoms with Gasteiger partial charge in [0, 0.05) is 130 Å². The summed E-state index contributed by atoms with van der Waals surface area (Å²) >= 11 is 1.68. The van der Waals surface area contributed by atoms with Crippen LogP contribution in [0.1, 0.15) is 138 Å². The SMILES string of the molecule is C=C1CCC(N2C(=O)c3ccc(NCCOCCOCCOCCC(=O)Oc4ccc(CCc5nc6cc(-c7c(C)noc7C)ccc6n5CCN5CCOCC5)cc4)cc3C2=O)C(=O)N1.Cc1ccsc1-c1ccc([C@H](C)NC(=O)[C@@H]2C[C@@H](O)CN2C(=O)[C@@H](NC(=O)CC(=O)N2CCN(c3ccc(-c4nc5cc(-c6c(C)noc6C)ccn5c4NCc4ccccc4)cc3)CC2)C(C)(C)C)cc1. The molecule has 0 radical (unpaired) electrons. The number of carbonyl (C=O) groups excluding carboxylic acids is 8. The molecular formula is C105H120N16O16S. The molecule has 6 N–H and O–H groups in total. The molecule has 12 aromatic rings. The Hall–Kier alpha value is -13.5. The summed E-state index contributed by atoms with van der Waals surface area (Å²) in [5, 5.41) is 36.5. The molecule has 722 valence electrons. The van der Waals surface area contributed by atoms with Crippen LogP contribution in [0.25, 0.3) is 60.6 Å². The zero-order valence-electron chi connectivity index (χ0n) is 79.5. The lowest BCUT2D eigenvalue weighted by Gasteiger charge is -2.37. The molecule has 33 heteroatoms. The van der Waals surface area contributed by atoms with Crippen LogP contribution in [0.3, 0.4) is 0 Å². The first-order valence-electron chi connectivity index (χ1n) is 47.2. The standard InChI is InChI=1S/C56H63N9O6S.C49H57N7O10/c1-34-22-28-72-51(34)41-15-13-39(14-16-41)35(2)58-54(69)45-30-44(66)33-65(45)55(70)52(56(5,6)7)60-47(67)31-48(68)63-26-24-62(25-27-63)43-19-17-40(18-20-43)50-53(57-32-38-11-9-8-10-12-38)64-23-21-42(29-46(64)59-50)49-36(3)61-71-37(49)4;1-32-4-13-43(47(58)51-32)56-48(59)39-12-9-37(31-40(39)49(56)60)50-17-23-62-27-29-64-28-26-61-22-16-45(57)65-38-10-5-35(6-11-38)7-15-44-52-41-30-36(46-33(2)53-66-34(46)3)8-14-42(41)55(44)19-18-54-20-24-63-25-21-54/h8-23,28-29,35,44-45,52,57,66H,24-27,30-33H2,1-7H3,(H,58,69)(H,60,67);5-6,8-12,14,30-31,43,50H,1,4,7,13,15-29H2,2-3H3,(H,51,58)/t35-,44+,45-,52+;/m0./s1. The highest BCUT2D eigenvalue weighted by atomic mass is 32.1. The number of benzene rings is 6. The quantitative estimate of drug-likeness (QED) is 0.00698. The van der Waals surface area contributed by atoms with Crippen molar-refractivity contribution in [1.29, 1.82) is 0 Å². The van der Waals surface area contributed by atoms with Gasteiger partial charge in [-0.3, -0.25) is 52.6 Å². The van der Waals surface area contributed by atoms with Crippen molar-refractivity contribution in [1.82, 2.24) is 64.8 Å². The summed E-state index contributed by atoms with van der Waals surface area (Å²) in [7, 11) is 0. The van der Waals surface area contributed by atoms with Crippen molar-refractivity contribution in [2.75, 3.05) is 127 Å². The van der Waals surface area contributed by atoms with Crippen molar-refractivity contribution in [2.24, 2.45) is 5.41 Å². The number of nitrogens with one attached hydrogen (secondary N) is 5. The lowest BCUT2D eigenvalue weighted by atomic mass is 9.85. The number of rotatable bonds is 36. The predicted molar refractivity (Wildman–Crippen MR) is 526 cm³/mol. The van der Waals surface area contributed by atoms with E-state index >= 15 is 0 Å². The van der Waals surface area contributed by atoms with Gasteiger partial charge in [-0.2, -0.15) is 0 Å². The minimum Gasteiger partial charge on any atom is -0.426 e. The maximum absolute atomic E-state index is 14.3. The Balaban J connectivity index is 0.000000200. The molecule has 0 spiro atoms. The third-order valence-corrected chi connectivity index (χ3v) is 27.0. The van der Waals surface area contributed by atoms with E-state index in [1.54, 1.807) is 34.4 Å². The van der Waals surface area contributed by atoms with Gasteiger partial charge in [-0.1, -0.05) is 123 Å². The smallest absolute Gasteiger partial charge is 0.313 e. The normalized spacial score (nSPS) is 16.8. The second-order valence-electron chi connectivity index (χ2n) is 36.7. The predicted octanol–water partition coefficient (Wildman–Crippen LogP) is 13.6. The zero-order chi connectivity index (χ0) is 96.8. The molecule has 11 heterocycles. The van der Waals surface area contributed by atoms with Crippen molar-refractivity contribution in [3.05, 3.63) is 244 Å². The number of nitrogens with zero attached hydrogens (tertiary/aromatic N) is 11. The zero-order valence-corrected chi connectivity index (χ0v) is 80.4. The lowest BCUT2D eigenvalue weighted by molar-refractivity contribution is -0.145. The Labute approximate surface area is 805 Å². The van der Waals surface area contributed by atoms with Crippen LogP contribution in [0, 0.1) is 40.0 Å². The highest BCUT2D eigenvalue weighted by Crippen LogP contribution is 2.39. The number of amides is 7. The number of hydrogen-bond donors (Lipinski definition) is 6. The molecule has 5 aliphatic heterocycles. The van der Waals surface area contributed by atoms with Gasteiger partial charge in [0.25, 0.3) is 11.8 Å². The number of aryl methyl sites for hydroxylation is 7. The number of morpholine rings is 1. The fourth-order valence-corrected chi connectivity index (χ4v) is 19.3. The van der Waals surface area contributed by atoms with E-state index < -0.39 is 65.6 Å². The Morgan fingerprint density at radius 3 is 2.02 bits per heavy atom. The van der Waals surface area contributed by atoms with E-state index in [0.717, 1.165) is 170 Å². The van der Waals surface area contributed by atoms with Gasteiger partial charge in [0.15, 0.2) is 0 Å². The number of esters is 1. The Bertz CT molecular complexity index is 6340. The summed E-state index contributed by atoms with van der Waals surface area (Å²) in [6.07, 6.45) is 3.25. The van der Waals surface area contributed by atoms with E-state index in [2.05, 4.69) is 147 Å². The maximum Gasteiger partial charge on any atom is 0.313 e. The van der Waals surface area contributed by atoms with Crippen molar-refractivity contribution < 1.29 is 76.2 Å². The van der Waals surface area contributed by atoms with Crippen molar-refractivity contribution in [3.8, 4) is 49.7 Å². The van der Waals surface area contributed by atoms with Gasteiger partial charge in [-0.25, -0.2) is 9.97 Å². The van der Waals surface area contributed by atoms with Gasteiger partial charge in [0.05, 0.1) is 105 Å². The number of carbonyl (C=O) groups is 8. The second-order valence-corrected chi connectivity index (χ2v) is 37.6. The Morgan fingerprint density at radius 1 is 0.674 bits per heavy atom. The fraction of sp³-hybridized carbons (Fsp3) is 0.390. The number of hydrogen-bond acceptors (Lipinski definition) is 25. The average Bonchev–Trinajstić information content (AvgIpc) is 1.61. The van der Waals surface area contributed by atoms with Crippen molar-refractivity contribution in [3.63, 3.8) is 0 Å². The van der Waals surface area contributed by atoms with Gasteiger partial charge in [-0.15, -0.1) is 11.3 Å². The summed E-state index contributed by atoms with van der Waals surface area (Å²) in [6, 6.07) is 48.6. The number of piperazine rings is 1. The molecule has 0 bridgehead atoms. The monoisotopic (exact) mass is 1890 g/mol. The van der Waals surface area contributed by atoms with Gasteiger partial charge in [0.2, 0.25) is 29.5 Å². The minimum absolute atomic E-state index is 0.0476. The minimum atomic E-state index is -1.05. The number of piperidine rings is 1. The van der Waals surface area contributed by atoms with E-state index in [0.29, 0.717) is 102 Å². The summed E-state index contributed by atoms with van der Waals surface area (Å²) in [4.78, 5) is 127. The van der Waals surface area contributed by atoms with E-state index in [9.17, 15) is 43.5 Å². The number of imide groups is 1. The second kappa shape index (κ2) is 44.3. The number of aliphatic hydroxyl groups is 1. The molecule has 17 rings (SSSR count). The highest BCUT2D eigenvalue weighted by molar-refractivity contribution is 7.13. The van der Waals surface area contributed by atoms with Gasteiger partial charge < -0.3 is 83.7 Å². The topological polar surface area (TPSA) is 366 Å². The molecule has 1 unspecified atom stereocenters. The molecule has 6 aromatic carbocycles. The first-order valence-corrected chi connectivity index (χ1v) is 48.1. The van der Waals surface area contributed by atoms with E-state index in [4.69, 9.17) is 42.7 Å². The number of likely N-dealkylation sites (tertiary alicyclic amines) is 1. The number of fused-ring (bicyclic) bond motifs is 3. The van der Waals surface area contributed by atoms with Gasteiger partial charge in [0.1, 0.15) is 64.8 Å².